The second kappa shape index (κ2) is 20.6. The molecule has 0 aliphatic carbocycles. The SMILES string of the molecule is N[C@H]1C[C@@H](C(=O)NCCOCCOCCOCCNc2ncc(CN3CCCC(c4nc(-c5cccs5)cc(=O)[nH]4)C3)cn2)N(C(=O)c2ccc3c(=O)oc(=O)[nH]c3c2)C1. The van der Waals surface area contributed by atoms with E-state index in [9.17, 15) is 24.0 Å². The molecule has 7 rings (SSSR count). The number of ether oxygens (including phenoxy) is 3. The fourth-order valence-corrected chi connectivity index (χ4v) is 8.00. The van der Waals surface area contributed by atoms with Gasteiger partial charge in [-0.15, -0.1) is 11.3 Å². The zero-order valence-corrected chi connectivity index (χ0v) is 33.7. The van der Waals surface area contributed by atoms with E-state index in [1.807, 2.05) is 29.9 Å². The zero-order chi connectivity index (χ0) is 41.8. The van der Waals surface area contributed by atoms with Crippen molar-refractivity contribution in [2.24, 2.45) is 5.73 Å². The summed E-state index contributed by atoms with van der Waals surface area (Å²) in [6, 6.07) is 8.56. The van der Waals surface area contributed by atoms with Crippen LogP contribution >= 0.6 is 11.3 Å². The summed E-state index contributed by atoms with van der Waals surface area (Å²) in [4.78, 5) is 86.1. The molecule has 2 aliphatic heterocycles. The predicted octanol–water partition coefficient (Wildman–Crippen LogP) is 1.28. The van der Waals surface area contributed by atoms with Crippen LogP contribution < -0.4 is 33.3 Å². The molecular weight excluding hydrogens is 797 g/mol. The van der Waals surface area contributed by atoms with E-state index in [2.05, 4.69) is 39.9 Å². The highest BCUT2D eigenvalue weighted by Gasteiger charge is 2.38. The van der Waals surface area contributed by atoms with Crippen molar-refractivity contribution < 1.29 is 28.2 Å². The van der Waals surface area contributed by atoms with Gasteiger partial charge < -0.3 is 44.9 Å². The molecule has 3 atom stereocenters. The molecule has 2 saturated heterocycles. The van der Waals surface area contributed by atoms with E-state index in [0.29, 0.717) is 52.1 Å². The Morgan fingerprint density at radius 2 is 1.72 bits per heavy atom. The molecule has 2 amide bonds. The Labute approximate surface area is 347 Å². The molecule has 0 bridgehead atoms. The number of anilines is 1. The Hall–Kier alpha value is -5.64. The van der Waals surface area contributed by atoms with Gasteiger partial charge in [-0.25, -0.2) is 24.5 Å². The van der Waals surface area contributed by atoms with Crippen LogP contribution in [-0.4, -0.2) is 131 Å². The number of piperidine rings is 1. The summed E-state index contributed by atoms with van der Waals surface area (Å²) < 4.78 is 21.3. The van der Waals surface area contributed by atoms with Crippen LogP contribution in [0.4, 0.5) is 5.95 Å². The van der Waals surface area contributed by atoms with Gasteiger partial charge in [0.05, 0.1) is 61.1 Å². The van der Waals surface area contributed by atoms with Crippen LogP contribution in [0, 0.1) is 0 Å². The van der Waals surface area contributed by atoms with Gasteiger partial charge >= 0.3 is 11.4 Å². The van der Waals surface area contributed by atoms with Crippen LogP contribution in [0.15, 0.2) is 73.0 Å². The summed E-state index contributed by atoms with van der Waals surface area (Å²) in [5.74, 6) is -0.321. The summed E-state index contributed by atoms with van der Waals surface area (Å²) in [5.41, 5.74) is 7.26. The number of H-pyrrole nitrogens is 2. The molecule has 5 aromatic rings. The van der Waals surface area contributed by atoms with Crippen LogP contribution in [0.2, 0.25) is 0 Å². The van der Waals surface area contributed by atoms with Crippen LogP contribution in [0.25, 0.3) is 21.5 Å². The molecule has 6 heterocycles. The third kappa shape index (κ3) is 11.3. The van der Waals surface area contributed by atoms with Gasteiger partial charge in [0.1, 0.15) is 11.9 Å². The Balaban J connectivity index is 0.718. The number of likely N-dealkylation sites (tertiary alicyclic amines) is 2. The van der Waals surface area contributed by atoms with Crippen molar-refractivity contribution in [2.45, 2.75) is 43.8 Å². The van der Waals surface area contributed by atoms with Gasteiger partial charge in [0, 0.05) is 74.3 Å². The van der Waals surface area contributed by atoms with Crippen LogP contribution in [0.5, 0.6) is 0 Å². The molecule has 0 saturated carbocycles. The number of carbonyl (C=O) groups excluding carboxylic acids is 2. The number of aromatic nitrogens is 5. The molecule has 318 valence electrons. The number of fused-ring (bicyclic) bond motifs is 1. The second-order valence-electron chi connectivity index (χ2n) is 14.6. The minimum atomic E-state index is -0.928. The van der Waals surface area contributed by atoms with Gasteiger partial charge in [0.2, 0.25) is 11.9 Å². The maximum absolute atomic E-state index is 13.3. The maximum atomic E-state index is 13.3. The highest BCUT2D eigenvalue weighted by molar-refractivity contribution is 7.13. The minimum absolute atomic E-state index is 0.128. The monoisotopic (exact) mass is 844 g/mol. The molecule has 20 heteroatoms. The average molecular weight is 845 g/mol. The second-order valence-corrected chi connectivity index (χ2v) is 15.5. The normalized spacial score (nSPS) is 18.2. The summed E-state index contributed by atoms with van der Waals surface area (Å²) >= 11 is 1.57. The predicted molar refractivity (Wildman–Crippen MR) is 222 cm³/mol. The summed E-state index contributed by atoms with van der Waals surface area (Å²) in [5, 5.41) is 8.08. The summed E-state index contributed by atoms with van der Waals surface area (Å²) in [6.45, 7) is 5.56. The number of nitrogens with two attached hydrogens (primary N) is 1. The third-order valence-electron chi connectivity index (χ3n) is 10.2. The number of benzene rings is 1. The van der Waals surface area contributed by atoms with E-state index >= 15 is 0 Å². The largest absolute Gasteiger partial charge is 0.419 e. The van der Waals surface area contributed by atoms with E-state index in [1.165, 1.54) is 23.1 Å². The van der Waals surface area contributed by atoms with Gasteiger partial charge in [-0.05, 0) is 55.5 Å². The van der Waals surface area contributed by atoms with Gasteiger partial charge in [-0.1, -0.05) is 6.07 Å². The fraction of sp³-hybridized carbons (Fsp3) is 0.450. The summed E-state index contributed by atoms with van der Waals surface area (Å²) in [6.07, 6.45) is 5.92. The van der Waals surface area contributed by atoms with Crippen molar-refractivity contribution in [2.75, 3.05) is 77.7 Å². The zero-order valence-electron chi connectivity index (χ0n) is 32.9. The molecular formula is C40H48N10O9S. The topological polar surface area (TPSA) is 253 Å². The summed E-state index contributed by atoms with van der Waals surface area (Å²) in [7, 11) is 0. The van der Waals surface area contributed by atoms with Crippen molar-refractivity contribution in [3.8, 4) is 10.6 Å². The van der Waals surface area contributed by atoms with E-state index in [4.69, 9.17) is 24.9 Å². The molecule has 2 fully saturated rings. The Kier molecular flexibility index (Phi) is 14.6. The Bertz CT molecular complexity index is 2390. The lowest BCUT2D eigenvalue weighted by molar-refractivity contribution is -0.125. The molecule has 4 aromatic heterocycles. The Morgan fingerprint density at radius 3 is 2.48 bits per heavy atom. The van der Waals surface area contributed by atoms with Crippen molar-refractivity contribution in [3.63, 3.8) is 0 Å². The van der Waals surface area contributed by atoms with Crippen LogP contribution in [-0.2, 0) is 25.5 Å². The van der Waals surface area contributed by atoms with E-state index in [0.717, 1.165) is 47.9 Å². The number of thiophene rings is 1. The first kappa shape index (κ1) is 42.5. The lowest BCUT2D eigenvalue weighted by Crippen LogP contribution is -2.46. The van der Waals surface area contributed by atoms with E-state index in [1.54, 1.807) is 17.4 Å². The molecule has 2 aliphatic rings. The van der Waals surface area contributed by atoms with Crippen LogP contribution in [0.1, 0.15) is 46.9 Å². The first-order valence-electron chi connectivity index (χ1n) is 19.9. The fourth-order valence-electron chi connectivity index (χ4n) is 7.31. The lowest BCUT2D eigenvalue weighted by Gasteiger charge is -2.32. The highest BCUT2D eigenvalue weighted by atomic mass is 32.1. The number of carbonyl (C=O) groups is 2. The number of hydrogen-bond acceptors (Lipinski definition) is 16. The van der Waals surface area contributed by atoms with E-state index < -0.39 is 23.3 Å². The molecule has 0 spiro atoms. The van der Waals surface area contributed by atoms with Crippen molar-refractivity contribution in [1.82, 2.24) is 40.0 Å². The number of nitrogens with one attached hydrogen (secondary N) is 4. The number of nitrogens with zero attached hydrogens (tertiary/aromatic N) is 5. The van der Waals surface area contributed by atoms with Crippen molar-refractivity contribution >= 4 is 40.0 Å². The number of rotatable bonds is 19. The van der Waals surface area contributed by atoms with Gasteiger partial charge in [0.15, 0.2) is 0 Å². The lowest BCUT2D eigenvalue weighted by atomic mass is 9.96. The van der Waals surface area contributed by atoms with Gasteiger partial charge in [-0.3, -0.25) is 24.3 Å². The molecule has 0 radical (unpaired) electrons. The standard InChI is InChI=1S/C40H48N10O9S/c41-28-18-32(50(24-28)37(53)26-5-6-29-30(17-26)47-40(55)59-38(29)54)36(52)42-7-10-56-12-14-58-15-13-57-11-8-43-39-44-20-25(21-45-39)22-49-9-1-3-27(23-49)35-46-31(19-34(51)48-35)33-4-2-16-60-33/h2,4-6,16-17,19-21,27-28,32H,1,3,7-15,18,22-24,41H2,(H,42,52)(H,47,55)(H,43,44,45)(H,46,48,51)/t27?,28-,32-/m0/s1. The minimum Gasteiger partial charge on any atom is -0.377 e. The van der Waals surface area contributed by atoms with Crippen LogP contribution in [0.3, 0.4) is 0 Å². The number of aromatic amines is 2. The highest BCUT2D eigenvalue weighted by Crippen LogP contribution is 2.28. The number of amides is 2. The molecule has 1 aromatic carbocycles. The number of hydrogen-bond donors (Lipinski definition) is 5. The Morgan fingerprint density at radius 1 is 0.950 bits per heavy atom. The molecule has 60 heavy (non-hydrogen) atoms. The molecule has 19 nitrogen and oxygen atoms in total. The quantitative estimate of drug-likeness (QED) is 0.0735. The maximum Gasteiger partial charge on any atom is 0.419 e. The third-order valence-corrected chi connectivity index (χ3v) is 11.1. The van der Waals surface area contributed by atoms with Gasteiger partial charge in [-0.2, -0.15) is 0 Å². The smallest absolute Gasteiger partial charge is 0.377 e. The first-order valence-corrected chi connectivity index (χ1v) is 20.7. The first-order chi connectivity index (χ1) is 29.2. The molecule has 6 N–H and O–H groups in total. The molecule has 1 unspecified atom stereocenters. The average Bonchev–Trinajstić information content (AvgIpc) is 3.93. The van der Waals surface area contributed by atoms with Crippen molar-refractivity contribution in [3.05, 3.63) is 102 Å². The van der Waals surface area contributed by atoms with E-state index in [-0.39, 0.29) is 66.0 Å². The van der Waals surface area contributed by atoms with Gasteiger partial charge in [0.25, 0.3) is 11.5 Å². The van der Waals surface area contributed by atoms with Crippen molar-refractivity contribution in [1.29, 1.82) is 0 Å².